The summed E-state index contributed by atoms with van der Waals surface area (Å²) in [5.41, 5.74) is -0.359. The Hall–Kier alpha value is -2.15. The normalized spacial score (nSPS) is 27.4. The zero-order chi connectivity index (χ0) is 22.7. The Bertz CT molecular complexity index is 1080. The second kappa shape index (κ2) is 7.47. The molecule has 4 atom stereocenters. The fourth-order valence-electron chi connectivity index (χ4n) is 5.14. The molecule has 2 heterocycles. The molecule has 0 saturated carbocycles. The molecule has 4 rings (SSSR count). The van der Waals surface area contributed by atoms with Crippen LogP contribution >= 0.6 is 23.2 Å². The van der Waals surface area contributed by atoms with E-state index in [1.165, 1.54) is 12.1 Å². The first-order valence-electron chi connectivity index (χ1n) is 10.0. The van der Waals surface area contributed by atoms with E-state index in [0.29, 0.717) is 22.7 Å². The monoisotopic (exact) mass is 464 g/mol. The number of carboxylic acid groups (broad SMARTS) is 1. The lowest BCUT2D eigenvalue weighted by atomic mass is 9.62. The Labute approximate surface area is 189 Å². The molecule has 1 fully saturated rings. The molecule has 1 unspecified atom stereocenters. The molecule has 1 spiro atoms. The van der Waals surface area contributed by atoms with Crippen LogP contribution in [0.1, 0.15) is 44.2 Å². The lowest BCUT2D eigenvalue weighted by Gasteiger charge is -2.37. The number of halogens is 3. The van der Waals surface area contributed by atoms with Gasteiger partial charge >= 0.3 is 5.97 Å². The van der Waals surface area contributed by atoms with Gasteiger partial charge in [0.15, 0.2) is 0 Å². The number of benzene rings is 2. The molecule has 8 heteroatoms. The van der Waals surface area contributed by atoms with E-state index in [0.717, 1.165) is 0 Å². The molecule has 2 aliphatic heterocycles. The third-order valence-electron chi connectivity index (χ3n) is 6.20. The third kappa shape index (κ3) is 3.41. The number of carbonyl (C=O) groups excluding carboxylic acids is 1. The molecule has 3 N–H and O–H groups in total. The van der Waals surface area contributed by atoms with Gasteiger partial charge in [-0.2, -0.15) is 0 Å². The highest BCUT2D eigenvalue weighted by molar-refractivity contribution is 6.31. The SMILES string of the molecule is CC(C)(C)C[C@H]1NC(C(=O)O)[C@H](c2cccc(Cl)c2F)[C@@]12C(=O)Nc1cc(Cl)ccc12. The largest absolute Gasteiger partial charge is 0.480 e. The van der Waals surface area contributed by atoms with Crippen LogP contribution in [0.15, 0.2) is 36.4 Å². The summed E-state index contributed by atoms with van der Waals surface area (Å²) >= 11 is 12.2. The number of hydrogen-bond acceptors (Lipinski definition) is 3. The van der Waals surface area contributed by atoms with Crippen LogP contribution in [-0.4, -0.2) is 29.1 Å². The highest BCUT2D eigenvalue weighted by Gasteiger charge is 2.66. The highest BCUT2D eigenvalue weighted by atomic mass is 35.5. The van der Waals surface area contributed by atoms with Crippen molar-refractivity contribution in [2.75, 3.05) is 5.32 Å². The molecule has 2 aromatic rings. The van der Waals surface area contributed by atoms with Gasteiger partial charge in [-0.05, 0) is 41.2 Å². The topological polar surface area (TPSA) is 78.4 Å². The number of fused-ring (bicyclic) bond motifs is 2. The van der Waals surface area contributed by atoms with Gasteiger partial charge in [-0.15, -0.1) is 0 Å². The molecule has 0 aliphatic carbocycles. The van der Waals surface area contributed by atoms with Gasteiger partial charge in [0.25, 0.3) is 0 Å². The van der Waals surface area contributed by atoms with Crippen molar-refractivity contribution < 1.29 is 19.1 Å². The van der Waals surface area contributed by atoms with Gasteiger partial charge in [0, 0.05) is 22.7 Å². The van der Waals surface area contributed by atoms with E-state index in [-0.39, 0.29) is 21.9 Å². The van der Waals surface area contributed by atoms with Crippen molar-refractivity contribution in [1.29, 1.82) is 0 Å². The van der Waals surface area contributed by atoms with Crippen LogP contribution in [0.5, 0.6) is 0 Å². The van der Waals surface area contributed by atoms with E-state index in [2.05, 4.69) is 10.6 Å². The summed E-state index contributed by atoms with van der Waals surface area (Å²) in [5, 5.41) is 16.4. The lowest BCUT2D eigenvalue weighted by Crippen LogP contribution is -2.49. The zero-order valence-corrected chi connectivity index (χ0v) is 18.8. The van der Waals surface area contributed by atoms with Crippen molar-refractivity contribution in [3.8, 4) is 0 Å². The number of anilines is 1. The van der Waals surface area contributed by atoms with Crippen LogP contribution in [0.25, 0.3) is 0 Å². The van der Waals surface area contributed by atoms with Crippen LogP contribution < -0.4 is 10.6 Å². The first-order valence-corrected chi connectivity index (χ1v) is 10.8. The molecule has 0 aromatic heterocycles. The minimum Gasteiger partial charge on any atom is -0.480 e. The van der Waals surface area contributed by atoms with Gasteiger partial charge in [-0.1, -0.05) is 62.2 Å². The molecule has 0 radical (unpaired) electrons. The minimum absolute atomic E-state index is 0.0989. The second-order valence-corrected chi connectivity index (χ2v) is 10.3. The van der Waals surface area contributed by atoms with Crippen LogP contribution in [0.2, 0.25) is 10.0 Å². The van der Waals surface area contributed by atoms with Crippen molar-refractivity contribution >= 4 is 40.8 Å². The molecule has 1 saturated heterocycles. The van der Waals surface area contributed by atoms with Gasteiger partial charge in [-0.25, -0.2) is 4.39 Å². The number of amides is 1. The standard InChI is InChI=1S/C23H23Cl2FN2O3/c1-22(2,3)10-16-23(13-8-7-11(24)9-15(13)27-21(23)31)17(19(28-16)20(29)30)12-5-4-6-14(25)18(12)26/h4-9,16-17,19,28H,10H2,1-3H3,(H,27,31)(H,29,30)/t16-,17+,19?,23+/m1/s1. The Balaban J connectivity index is 2.04. The van der Waals surface area contributed by atoms with Gasteiger partial charge in [0.05, 0.1) is 5.02 Å². The maximum atomic E-state index is 15.3. The van der Waals surface area contributed by atoms with E-state index in [9.17, 15) is 14.7 Å². The van der Waals surface area contributed by atoms with E-state index in [4.69, 9.17) is 23.2 Å². The summed E-state index contributed by atoms with van der Waals surface area (Å²) in [4.78, 5) is 26.0. The molecular weight excluding hydrogens is 442 g/mol. The molecule has 0 bridgehead atoms. The van der Waals surface area contributed by atoms with Crippen molar-refractivity contribution in [3.63, 3.8) is 0 Å². The highest BCUT2D eigenvalue weighted by Crippen LogP contribution is 2.57. The number of carboxylic acids is 1. The summed E-state index contributed by atoms with van der Waals surface area (Å²) < 4.78 is 15.3. The molecule has 1 amide bonds. The average Bonchev–Trinajstić information content (AvgIpc) is 3.12. The number of hydrogen-bond donors (Lipinski definition) is 3. The summed E-state index contributed by atoms with van der Waals surface area (Å²) in [6.07, 6.45) is 0.491. The van der Waals surface area contributed by atoms with Crippen LogP contribution in [0.4, 0.5) is 10.1 Å². The Kier molecular flexibility index (Phi) is 5.31. The predicted octanol–water partition coefficient (Wildman–Crippen LogP) is 4.97. The second-order valence-electron chi connectivity index (χ2n) is 9.43. The number of nitrogens with one attached hydrogen (secondary N) is 2. The van der Waals surface area contributed by atoms with Crippen molar-refractivity contribution in [3.05, 3.63) is 63.4 Å². The van der Waals surface area contributed by atoms with Crippen molar-refractivity contribution in [1.82, 2.24) is 5.32 Å². The fourth-order valence-corrected chi connectivity index (χ4v) is 5.49. The third-order valence-corrected chi connectivity index (χ3v) is 6.73. The van der Waals surface area contributed by atoms with Gasteiger partial charge in [0.1, 0.15) is 17.3 Å². The van der Waals surface area contributed by atoms with Gasteiger partial charge < -0.3 is 10.4 Å². The minimum atomic E-state index is -1.35. The molecule has 5 nitrogen and oxygen atoms in total. The first kappa shape index (κ1) is 22.1. The number of aliphatic carboxylic acids is 1. The average molecular weight is 465 g/mol. The van der Waals surface area contributed by atoms with E-state index < -0.39 is 35.2 Å². The zero-order valence-electron chi connectivity index (χ0n) is 17.3. The Morgan fingerprint density at radius 3 is 2.58 bits per heavy atom. The van der Waals surface area contributed by atoms with Gasteiger partial charge in [-0.3, -0.25) is 14.9 Å². The maximum absolute atomic E-state index is 15.3. The number of rotatable bonds is 3. The summed E-state index contributed by atoms with van der Waals surface area (Å²) in [6, 6.07) is 7.76. The quantitative estimate of drug-likeness (QED) is 0.599. The maximum Gasteiger partial charge on any atom is 0.321 e. The summed E-state index contributed by atoms with van der Waals surface area (Å²) in [5.74, 6) is -3.26. The van der Waals surface area contributed by atoms with Crippen LogP contribution in [0, 0.1) is 11.2 Å². The predicted molar refractivity (Wildman–Crippen MR) is 118 cm³/mol. The van der Waals surface area contributed by atoms with E-state index in [1.54, 1.807) is 24.3 Å². The molecule has 2 aromatic carbocycles. The van der Waals surface area contributed by atoms with Crippen molar-refractivity contribution in [2.45, 2.75) is 50.6 Å². The van der Waals surface area contributed by atoms with Gasteiger partial charge in [0.2, 0.25) is 5.91 Å². The summed E-state index contributed by atoms with van der Waals surface area (Å²) in [6.45, 7) is 6.04. The lowest BCUT2D eigenvalue weighted by molar-refractivity contribution is -0.139. The summed E-state index contributed by atoms with van der Waals surface area (Å²) in [7, 11) is 0. The molecule has 164 valence electrons. The molecule has 31 heavy (non-hydrogen) atoms. The van der Waals surface area contributed by atoms with Crippen molar-refractivity contribution in [2.24, 2.45) is 5.41 Å². The molecular formula is C23H23Cl2FN2O3. The van der Waals surface area contributed by atoms with E-state index >= 15 is 4.39 Å². The van der Waals surface area contributed by atoms with Crippen LogP contribution in [0.3, 0.4) is 0 Å². The van der Waals surface area contributed by atoms with E-state index in [1.807, 2.05) is 20.8 Å². The Morgan fingerprint density at radius 2 is 1.94 bits per heavy atom. The number of carbonyl (C=O) groups is 2. The Morgan fingerprint density at radius 1 is 1.23 bits per heavy atom. The molecule has 2 aliphatic rings. The first-order chi connectivity index (χ1) is 14.5. The van der Waals surface area contributed by atoms with Crippen LogP contribution in [-0.2, 0) is 15.0 Å². The fraction of sp³-hybridized carbons (Fsp3) is 0.391. The smallest absolute Gasteiger partial charge is 0.321 e.